The Labute approximate surface area is 98.3 Å². The third kappa shape index (κ3) is 0.919. The van der Waals surface area contributed by atoms with E-state index in [0.29, 0.717) is 10.8 Å². The first kappa shape index (κ1) is 10.6. The van der Waals surface area contributed by atoms with Crippen LogP contribution in [0, 0.1) is 28.1 Å². The van der Waals surface area contributed by atoms with Gasteiger partial charge in [0.2, 0.25) is 0 Å². The number of hydrogen-bond acceptors (Lipinski definition) is 1. The zero-order chi connectivity index (χ0) is 11.6. The van der Waals surface area contributed by atoms with Crippen molar-refractivity contribution in [2.75, 3.05) is 0 Å². The van der Waals surface area contributed by atoms with Crippen molar-refractivity contribution in [3.8, 4) is 0 Å². The monoisotopic (exact) mass is 218 g/mol. The first-order chi connectivity index (χ1) is 7.46. The maximum absolute atomic E-state index is 11.3. The molecule has 0 aromatic rings. The predicted molar refractivity (Wildman–Crippen MR) is 65.0 cm³/mol. The lowest BCUT2D eigenvalue weighted by Crippen LogP contribution is -2.55. The van der Waals surface area contributed by atoms with Crippen LogP contribution in [0.15, 0.2) is 12.2 Å². The molecule has 4 atom stereocenters. The third-order valence-corrected chi connectivity index (χ3v) is 6.45. The second-order valence-corrected chi connectivity index (χ2v) is 6.96. The van der Waals surface area contributed by atoms with Gasteiger partial charge in [-0.3, -0.25) is 0 Å². The van der Waals surface area contributed by atoms with Crippen LogP contribution in [-0.2, 0) is 4.79 Å². The quantitative estimate of drug-likeness (QED) is 0.485. The Bertz CT molecular complexity index is 368. The normalized spacial score (nSPS) is 52.7. The summed E-state index contributed by atoms with van der Waals surface area (Å²) in [6.45, 7) is 7.24. The van der Waals surface area contributed by atoms with Gasteiger partial charge < -0.3 is 4.79 Å². The van der Waals surface area contributed by atoms with E-state index in [-0.39, 0.29) is 11.3 Å². The zero-order valence-corrected chi connectivity index (χ0v) is 10.6. The highest BCUT2D eigenvalue weighted by molar-refractivity contribution is 5.58. The summed E-state index contributed by atoms with van der Waals surface area (Å²) in [5.41, 5.74) is 0.942. The summed E-state index contributed by atoms with van der Waals surface area (Å²) in [7, 11) is 0. The lowest BCUT2D eigenvalue weighted by molar-refractivity contribution is -0.120. The molecule has 0 heterocycles. The Kier molecular flexibility index (Phi) is 1.85. The van der Waals surface area contributed by atoms with Crippen molar-refractivity contribution in [2.24, 2.45) is 28.1 Å². The van der Waals surface area contributed by atoms with Gasteiger partial charge >= 0.3 is 0 Å². The van der Waals surface area contributed by atoms with Crippen molar-refractivity contribution in [1.29, 1.82) is 0 Å². The number of carbonyl (C=O) groups is 1. The molecule has 0 amide bonds. The number of aldehydes is 1. The summed E-state index contributed by atoms with van der Waals surface area (Å²) < 4.78 is 0. The Morgan fingerprint density at radius 2 is 1.88 bits per heavy atom. The van der Waals surface area contributed by atoms with Crippen LogP contribution >= 0.6 is 0 Å². The molecule has 2 fully saturated rings. The Morgan fingerprint density at radius 1 is 1.12 bits per heavy atom. The van der Waals surface area contributed by atoms with Gasteiger partial charge in [0.1, 0.15) is 6.29 Å². The molecule has 4 aliphatic carbocycles. The molecule has 4 unspecified atom stereocenters. The first-order valence-electron chi connectivity index (χ1n) is 6.62. The van der Waals surface area contributed by atoms with Crippen molar-refractivity contribution in [2.45, 2.75) is 46.5 Å². The van der Waals surface area contributed by atoms with Crippen molar-refractivity contribution < 1.29 is 4.79 Å². The van der Waals surface area contributed by atoms with Crippen LogP contribution in [0.3, 0.4) is 0 Å². The van der Waals surface area contributed by atoms with Crippen molar-refractivity contribution in [3.05, 3.63) is 12.2 Å². The van der Waals surface area contributed by atoms with Gasteiger partial charge in [-0.25, -0.2) is 0 Å². The van der Waals surface area contributed by atoms with Crippen LogP contribution in [0.1, 0.15) is 46.5 Å². The van der Waals surface area contributed by atoms with E-state index < -0.39 is 0 Å². The van der Waals surface area contributed by atoms with E-state index in [1.165, 1.54) is 25.5 Å². The minimum absolute atomic E-state index is 0.225. The maximum atomic E-state index is 11.3. The summed E-state index contributed by atoms with van der Waals surface area (Å²) >= 11 is 0. The topological polar surface area (TPSA) is 17.1 Å². The largest absolute Gasteiger partial charge is 0.303 e. The second-order valence-electron chi connectivity index (χ2n) is 6.96. The molecule has 0 aromatic carbocycles. The molecule has 4 aliphatic rings. The molecular weight excluding hydrogens is 196 g/mol. The molecule has 0 aliphatic heterocycles. The molecule has 1 nitrogen and oxygen atoms in total. The lowest BCUT2D eigenvalue weighted by Gasteiger charge is -2.61. The van der Waals surface area contributed by atoms with E-state index >= 15 is 0 Å². The number of hydrogen-bond donors (Lipinski definition) is 0. The number of fused-ring (bicyclic) bond motifs is 1. The maximum Gasteiger partial charge on any atom is 0.123 e. The van der Waals surface area contributed by atoms with Crippen LogP contribution in [-0.4, -0.2) is 6.29 Å². The van der Waals surface area contributed by atoms with E-state index in [1.807, 2.05) is 0 Å². The molecule has 1 heteroatoms. The van der Waals surface area contributed by atoms with Crippen LogP contribution in [0.5, 0.6) is 0 Å². The highest BCUT2D eigenvalue weighted by atomic mass is 16.1. The highest BCUT2D eigenvalue weighted by Crippen LogP contribution is 2.70. The number of allylic oxidation sites excluding steroid dienone is 2. The molecule has 2 saturated carbocycles. The summed E-state index contributed by atoms with van der Waals surface area (Å²) in [4.78, 5) is 11.3. The van der Waals surface area contributed by atoms with Gasteiger partial charge in [-0.2, -0.15) is 0 Å². The van der Waals surface area contributed by atoms with E-state index in [2.05, 4.69) is 32.9 Å². The number of carbonyl (C=O) groups excluding carboxylic acids is 1. The standard InChI is InChI=1S/C15H22O/c1-13(2)12-5-4-11(10-16)15(12)8-6-14(13,3)7-9-15/h6,8,10-12H,4-5,7,9H2,1-3H3. The van der Waals surface area contributed by atoms with Gasteiger partial charge in [0.15, 0.2) is 0 Å². The average Bonchev–Trinajstić information content (AvgIpc) is 2.61. The molecule has 88 valence electrons. The summed E-state index contributed by atoms with van der Waals surface area (Å²) in [5.74, 6) is 1.01. The third-order valence-electron chi connectivity index (χ3n) is 6.45. The van der Waals surface area contributed by atoms with E-state index in [0.717, 1.165) is 12.3 Å². The van der Waals surface area contributed by atoms with Gasteiger partial charge in [0.05, 0.1) is 0 Å². The second kappa shape index (κ2) is 2.80. The minimum atomic E-state index is 0.225. The molecular formula is C15H22O. The van der Waals surface area contributed by atoms with E-state index in [4.69, 9.17) is 0 Å². The predicted octanol–water partition coefficient (Wildman–Crippen LogP) is 3.59. The fourth-order valence-electron chi connectivity index (χ4n) is 4.89. The molecule has 0 saturated heterocycles. The minimum Gasteiger partial charge on any atom is -0.303 e. The molecule has 4 rings (SSSR count). The summed E-state index contributed by atoms with van der Waals surface area (Å²) in [5, 5.41) is 0. The molecule has 16 heavy (non-hydrogen) atoms. The van der Waals surface area contributed by atoms with Gasteiger partial charge in [0, 0.05) is 11.3 Å². The van der Waals surface area contributed by atoms with Gasteiger partial charge in [-0.15, -0.1) is 0 Å². The number of rotatable bonds is 1. The van der Waals surface area contributed by atoms with Crippen LogP contribution in [0.25, 0.3) is 0 Å². The Morgan fingerprint density at radius 3 is 2.44 bits per heavy atom. The van der Waals surface area contributed by atoms with Crippen LogP contribution in [0.2, 0.25) is 0 Å². The Hall–Kier alpha value is -0.590. The fraction of sp³-hybridized carbons (Fsp3) is 0.800. The first-order valence-corrected chi connectivity index (χ1v) is 6.62. The van der Waals surface area contributed by atoms with Crippen molar-refractivity contribution in [3.63, 3.8) is 0 Å². The van der Waals surface area contributed by atoms with Crippen molar-refractivity contribution in [1.82, 2.24) is 0 Å². The SMILES string of the molecule is CC12C=CC3(CC1)C(C=O)CCC3C2(C)C. The lowest BCUT2D eigenvalue weighted by atomic mass is 9.42. The van der Waals surface area contributed by atoms with Crippen molar-refractivity contribution >= 4 is 6.29 Å². The average molecular weight is 218 g/mol. The summed E-state index contributed by atoms with van der Waals surface area (Å²) in [6, 6.07) is 0. The van der Waals surface area contributed by atoms with Crippen LogP contribution < -0.4 is 0 Å². The molecule has 0 radical (unpaired) electrons. The molecule has 0 aromatic heterocycles. The highest BCUT2D eigenvalue weighted by Gasteiger charge is 2.64. The molecule has 0 N–H and O–H groups in total. The van der Waals surface area contributed by atoms with E-state index in [1.54, 1.807) is 0 Å². The van der Waals surface area contributed by atoms with Gasteiger partial charge in [-0.1, -0.05) is 32.9 Å². The smallest absolute Gasteiger partial charge is 0.123 e. The van der Waals surface area contributed by atoms with Crippen LogP contribution in [0.4, 0.5) is 0 Å². The fourth-order valence-corrected chi connectivity index (χ4v) is 4.89. The van der Waals surface area contributed by atoms with E-state index in [9.17, 15) is 4.79 Å². The molecule has 2 bridgehead atoms. The van der Waals surface area contributed by atoms with Gasteiger partial charge in [0.25, 0.3) is 0 Å². The van der Waals surface area contributed by atoms with Gasteiger partial charge in [-0.05, 0) is 42.4 Å². The molecule has 1 spiro atoms. The zero-order valence-electron chi connectivity index (χ0n) is 10.6. The summed E-state index contributed by atoms with van der Waals surface area (Å²) in [6.07, 6.45) is 10.9. The Balaban J connectivity index is 2.15.